The summed E-state index contributed by atoms with van der Waals surface area (Å²) < 4.78 is 15.4. The second-order valence-corrected chi connectivity index (χ2v) is 8.30. The van der Waals surface area contributed by atoms with Crippen molar-refractivity contribution in [1.82, 2.24) is 14.9 Å². The summed E-state index contributed by atoms with van der Waals surface area (Å²) in [7, 11) is 0. The van der Waals surface area contributed by atoms with E-state index in [-0.39, 0.29) is 17.8 Å². The Morgan fingerprint density at radius 2 is 1.93 bits per heavy atom. The number of rotatable bonds is 6. The number of benzene rings is 1. The molecule has 146 valence electrons. The van der Waals surface area contributed by atoms with Gasteiger partial charge in [-0.2, -0.15) is 0 Å². The highest BCUT2D eigenvalue weighted by atomic mass is 32.2. The summed E-state index contributed by atoms with van der Waals surface area (Å²) in [5, 5.41) is 3.93. The summed E-state index contributed by atoms with van der Waals surface area (Å²) in [4.78, 5) is 17.1. The Morgan fingerprint density at radius 3 is 2.59 bits per heavy atom. The molecule has 0 spiro atoms. The Bertz CT molecular complexity index is 781. The van der Waals surface area contributed by atoms with Crippen molar-refractivity contribution >= 4 is 17.7 Å². The van der Waals surface area contributed by atoms with Crippen molar-refractivity contribution in [2.24, 2.45) is 0 Å². The molecule has 1 heterocycles. The second-order valence-electron chi connectivity index (χ2n) is 7.36. The summed E-state index contributed by atoms with van der Waals surface area (Å²) in [6.07, 6.45) is 6.23. The third-order valence-electron chi connectivity index (χ3n) is 5.37. The molecule has 1 aromatic heterocycles. The third-order valence-corrected chi connectivity index (χ3v) is 6.33. The predicted octanol–water partition coefficient (Wildman–Crippen LogP) is 5.11. The summed E-state index contributed by atoms with van der Waals surface area (Å²) in [5.41, 5.74) is 3.15. The first kappa shape index (κ1) is 19.9. The Balaban J connectivity index is 1.61. The van der Waals surface area contributed by atoms with E-state index in [0.717, 1.165) is 16.4 Å². The van der Waals surface area contributed by atoms with Crippen LogP contribution in [-0.2, 0) is 4.79 Å². The molecule has 1 amide bonds. The van der Waals surface area contributed by atoms with Gasteiger partial charge in [-0.3, -0.25) is 4.79 Å². The van der Waals surface area contributed by atoms with Crippen molar-refractivity contribution in [3.63, 3.8) is 0 Å². The second kappa shape index (κ2) is 8.91. The first-order valence-electron chi connectivity index (χ1n) is 9.68. The molecule has 0 saturated heterocycles. The number of thioether (sulfide) groups is 1. The van der Waals surface area contributed by atoms with Gasteiger partial charge in [-0.15, -0.1) is 0 Å². The molecule has 1 atom stereocenters. The van der Waals surface area contributed by atoms with Crippen molar-refractivity contribution in [3.05, 3.63) is 47.0 Å². The molecule has 1 aromatic carbocycles. The van der Waals surface area contributed by atoms with Crippen molar-refractivity contribution in [2.75, 3.05) is 5.75 Å². The molecule has 1 aliphatic rings. The number of halogens is 1. The summed E-state index contributed by atoms with van der Waals surface area (Å²) >= 11 is 1.50. The number of aryl methyl sites for hydroxylation is 1. The molecule has 2 aromatic rings. The number of hydrogen-bond acceptors (Lipinski definition) is 3. The zero-order valence-electron chi connectivity index (χ0n) is 16.3. The van der Waals surface area contributed by atoms with Crippen LogP contribution in [0.2, 0.25) is 0 Å². The Hall–Kier alpha value is -1.82. The Morgan fingerprint density at radius 1 is 1.26 bits per heavy atom. The minimum atomic E-state index is -0.270. The van der Waals surface area contributed by atoms with Crippen LogP contribution in [0.3, 0.4) is 0 Å². The van der Waals surface area contributed by atoms with Crippen LogP contribution >= 0.6 is 11.8 Å². The zero-order chi connectivity index (χ0) is 19.4. The van der Waals surface area contributed by atoms with Crippen molar-refractivity contribution in [3.8, 4) is 0 Å². The van der Waals surface area contributed by atoms with Gasteiger partial charge in [0.2, 0.25) is 5.91 Å². The highest BCUT2D eigenvalue weighted by Crippen LogP contribution is 2.34. The van der Waals surface area contributed by atoms with Gasteiger partial charge in [0.1, 0.15) is 5.82 Å². The van der Waals surface area contributed by atoms with Gasteiger partial charge in [-0.05, 0) is 51.3 Å². The van der Waals surface area contributed by atoms with Gasteiger partial charge in [0.15, 0.2) is 5.16 Å². The maximum absolute atomic E-state index is 13.0. The van der Waals surface area contributed by atoms with Crippen LogP contribution in [0.1, 0.15) is 68.1 Å². The fraction of sp³-hybridized carbons (Fsp3) is 0.524. The number of nitrogens with zero attached hydrogens (tertiary/aromatic N) is 2. The number of aromatic nitrogens is 2. The lowest BCUT2D eigenvalue weighted by Crippen LogP contribution is -2.28. The maximum Gasteiger partial charge on any atom is 0.230 e. The lowest BCUT2D eigenvalue weighted by Gasteiger charge is -2.26. The van der Waals surface area contributed by atoms with Crippen LogP contribution in [0.15, 0.2) is 29.4 Å². The zero-order valence-corrected chi connectivity index (χ0v) is 17.1. The Kier molecular flexibility index (Phi) is 6.58. The minimum Gasteiger partial charge on any atom is -0.349 e. The number of hydrogen-bond donors (Lipinski definition) is 1. The monoisotopic (exact) mass is 389 g/mol. The fourth-order valence-electron chi connectivity index (χ4n) is 3.72. The first-order chi connectivity index (χ1) is 13.0. The van der Waals surface area contributed by atoms with E-state index < -0.39 is 0 Å². The van der Waals surface area contributed by atoms with E-state index in [0.29, 0.717) is 11.8 Å². The van der Waals surface area contributed by atoms with E-state index in [1.165, 1.54) is 61.7 Å². The van der Waals surface area contributed by atoms with Gasteiger partial charge in [0, 0.05) is 11.7 Å². The van der Waals surface area contributed by atoms with Gasteiger partial charge < -0.3 is 9.88 Å². The Labute approximate surface area is 165 Å². The third kappa shape index (κ3) is 4.92. The molecular formula is C21H28FN3OS. The average Bonchev–Trinajstić information content (AvgIpc) is 2.95. The topological polar surface area (TPSA) is 46.9 Å². The van der Waals surface area contributed by atoms with Crippen molar-refractivity contribution in [2.45, 2.75) is 70.1 Å². The largest absolute Gasteiger partial charge is 0.349 e. The molecule has 0 bridgehead atoms. The number of carbonyl (C=O) groups is 1. The van der Waals surface area contributed by atoms with Crippen molar-refractivity contribution in [1.29, 1.82) is 0 Å². The highest BCUT2D eigenvalue weighted by Gasteiger charge is 2.22. The van der Waals surface area contributed by atoms with Crippen LogP contribution < -0.4 is 5.32 Å². The molecule has 6 heteroatoms. The number of amides is 1. The molecule has 1 fully saturated rings. The standard InChI is InChI=1S/C21H28FN3OS/c1-14-16(3)25(19-7-5-4-6-8-19)21(24-14)27-13-20(26)23-15(2)17-9-11-18(22)12-10-17/h9-12,15,19H,4-8,13H2,1-3H3,(H,23,26). The van der Waals surface area contributed by atoms with Gasteiger partial charge in [-0.1, -0.05) is 43.2 Å². The molecule has 27 heavy (non-hydrogen) atoms. The maximum atomic E-state index is 13.0. The predicted molar refractivity (Wildman–Crippen MR) is 108 cm³/mol. The summed E-state index contributed by atoms with van der Waals surface area (Å²) in [6, 6.07) is 6.59. The van der Waals surface area contributed by atoms with Gasteiger partial charge in [0.05, 0.1) is 17.5 Å². The number of imidazole rings is 1. The molecule has 1 unspecified atom stereocenters. The average molecular weight is 390 g/mol. The van der Waals surface area contributed by atoms with E-state index in [1.54, 1.807) is 12.1 Å². The van der Waals surface area contributed by atoms with E-state index in [4.69, 9.17) is 4.98 Å². The molecule has 4 nitrogen and oxygen atoms in total. The quantitative estimate of drug-likeness (QED) is 0.698. The van der Waals surface area contributed by atoms with Crippen LogP contribution in [0.5, 0.6) is 0 Å². The molecule has 3 rings (SSSR count). The molecule has 1 N–H and O–H groups in total. The van der Waals surface area contributed by atoms with Crippen LogP contribution in [-0.4, -0.2) is 21.2 Å². The molecule has 0 radical (unpaired) electrons. The lowest BCUT2D eigenvalue weighted by atomic mass is 9.95. The molecule has 1 aliphatic carbocycles. The number of carbonyl (C=O) groups excluding carboxylic acids is 1. The normalized spacial score (nSPS) is 16.3. The smallest absolute Gasteiger partial charge is 0.230 e. The van der Waals surface area contributed by atoms with Crippen LogP contribution in [0.4, 0.5) is 4.39 Å². The SMILES string of the molecule is Cc1nc(SCC(=O)NC(C)c2ccc(F)cc2)n(C2CCCCC2)c1C. The van der Waals surface area contributed by atoms with E-state index in [1.807, 2.05) is 13.8 Å². The fourth-order valence-corrected chi connectivity index (χ4v) is 4.69. The van der Waals surface area contributed by atoms with Gasteiger partial charge in [-0.25, -0.2) is 9.37 Å². The highest BCUT2D eigenvalue weighted by molar-refractivity contribution is 7.99. The van der Waals surface area contributed by atoms with Gasteiger partial charge >= 0.3 is 0 Å². The molecule has 1 saturated carbocycles. The van der Waals surface area contributed by atoms with Crippen molar-refractivity contribution < 1.29 is 9.18 Å². The lowest BCUT2D eigenvalue weighted by molar-refractivity contribution is -0.119. The van der Waals surface area contributed by atoms with E-state index in [2.05, 4.69) is 16.8 Å². The summed E-state index contributed by atoms with van der Waals surface area (Å²) in [6.45, 7) is 6.07. The van der Waals surface area contributed by atoms with Gasteiger partial charge in [0.25, 0.3) is 0 Å². The molecule has 0 aliphatic heterocycles. The first-order valence-corrected chi connectivity index (χ1v) is 10.7. The number of nitrogens with one attached hydrogen (secondary N) is 1. The minimum absolute atomic E-state index is 0.0367. The molecular weight excluding hydrogens is 361 g/mol. The van der Waals surface area contributed by atoms with E-state index in [9.17, 15) is 9.18 Å². The summed E-state index contributed by atoms with van der Waals surface area (Å²) in [5.74, 6) is 0.0205. The van der Waals surface area contributed by atoms with Crippen LogP contribution in [0.25, 0.3) is 0 Å². The van der Waals surface area contributed by atoms with E-state index >= 15 is 0 Å². The van der Waals surface area contributed by atoms with Crippen LogP contribution in [0, 0.1) is 19.7 Å².